The number of carbonyl (C=O) groups excluding carboxylic acids is 1. The first-order valence-electron chi connectivity index (χ1n) is 5.28. The maximum Gasteiger partial charge on any atom is 0.122 e. The minimum absolute atomic E-state index is 0.265. The van der Waals surface area contributed by atoms with Crippen LogP contribution >= 0.6 is 0 Å². The molecule has 0 fully saturated rings. The van der Waals surface area contributed by atoms with Gasteiger partial charge in [0.1, 0.15) is 6.29 Å². The zero-order valence-electron chi connectivity index (χ0n) is 8.88. The predicted molar refractivity (Wildman–Crippen MR) is 54.7 cm³/mol. The maximum absolute atomic E-state index is 10.2. The van der Waals surface area contributed by atoms with Crippen LogP contribution in [0.5, 0.6) is 0 Å². The van der Waals surface area contributed by atoms with Crippen molar-refractivity contribution in [2.75, 3.05) is 0 Å². The topological polar surface area (TPSA) is 37.3 Å². The number of rotatable bonds is 8. The van der Waals surface area contributed by atoms with Crippen LogP contribution in [0.1, 0.15) is 58.8 Å². The van der Waals surface area contributed by atoms with Gasteiger partial charge in [-0.1, -0.05) is 39.0 Å². The summed E-state index contributed by atoms with van der Waals surface area (Å²) in [5.74, 6) is 0. The quantitative estimate of drug-likeness (QED) is 0.467. The van der Waals surface area contributed by atoms with Crippen LogP contribution in [0.4, 0.5) is 0 Å². The van der Waals surface area contributed by atoms with Gasteiger partial charge in [-0.05, 0) is 13.3 Å². The lowest BCUT2D eigenvalue weighted by Gasteiger charge is -2.19. The molecule has 1 N–H and O–H groups in total. The lowest BCUT2D eigenvalue weighted by molar-refractivity contribution is -0.112. The molecule has 0 aliphatic carbocycles. The highest BCUT2D eigenvalue weighted by atomic mass is 16.3. The first kappa shape index (κ1) is 12.6. The molecule has 0 heterocycles. The van der Waals surface area contributed by atoms with Gasteiger partial charge in [-0.25, -0.2) is 0 Å². The molecule has 13 heavy (non-hydrogen) atoms. The van der Waals surface area contributed by atoms with Crippen LogP contribution in [0.2, 0.25) is 0 Å². The van der Waals surface area contributed by atoms with E-state index in [0.717, 1.165) is 19.1 Å². The molecular formula is C11H22O2. The highest BCUT2D eigenvalue weighted by Crippen LogP contribution is 2.17. The molecule has 0 amide bonds. The molecule has 0 rings (SSSR count). The molecular weight excluding hydrogens is 164 g/mol. The van der Waals surface area contributed by atoms with Gasteiger partial charge in [0.25, 0.3) is 0 Å². The van der Waals surface area contributed by atoms with Gasteiger partial charge in [0.05, 0.1) is 5.60 Å². The van der Waals surface area contributed by atoms with Gasteiger partial charge in [-0.2, -0.15) is 0 Å². The second kappa shape index (κ2) is 7.07. The van der Waals surface area contributed by atoms with Crippen molar-refractivity contribution >= 4 is 6.29 Å². The number of carbonyl (C=O) groups is 1. The van der Waals surface area contributed by atoms with Crippen molar-refractivity contribution in [2.45, 2.75) is 64.4 Å². The highest BCUT2D eigenvalue weighted by molar-refractivity contribution is 5.51. The zero-order chi connectivity index (χ0) is 10.2. The Labute approximate surface area is 81.3 Å². The molecule has 0 radical (unpaired) electrons. The van der Waals surface area contributed by atoms with Crippen molar-refractivity contribution < 1.29 is 9.90 Å². The fraction of sp³-hybridized carbons (Fsp3) is 0.909. The third-order valence-corrected chi connectivity index (χ3v) is 2.34. The first-order chi connectivity index (χ1) is 6.12. The molecule has 1 atom stereocenters. The minimum Gasteiger partial charge on any atom is -0.390 e. The van der Waals surface area contributed by atoms with E-state index >= 15 is 0 Å². The fourth-order valence-electron chi connectivity index (χ4n) is 1.39. The third-order valence-electron chi connectivity index (χ3n) is 2.34. The van der Waals surface area contributed by atoms with E-state index < -0.39 is 5.60 Å². The molecule has 0 aromatic carbocycles. The second-order valence-corrected chi connectivity index (χ2v) is 4.03. The van der Waals surface area contributed by atoms with E-state index in [-0.39, 0.29) is 6.42 Å². The fourth-order valence-corrected chi connectivity index (χ4v) is 1.39. The smallest absolute Gasteiger partial charge is 0.122 e. The summed E-state index contributed by atoms with van der Waals surface area (Å²) in [5.41, 5.74) is -0.770. The molecule has 78 valence electrons. The normalized spacial score (nSPS) is 15.3. The van der Waals surface area contributed by atoms with E-state index in [9.17, 15) is 9.90 Å². The highest BCUT2D eigenvalue weighted by Gasteiger charge is 2.18. The number of hydrogen-bond donors (Lipinski definition) is 1. The van der Waals surface area contributed by atoms with Crippen LogP contribution in [0.3, 0.4) is 0 Å². The molecule has 0 aliphatic rings. The van der Waals surface area contributed by atoms with Crippen LogP contribution in [-0.4, -0.2) is 17.0 Å². The molecule has 0 aliphatic heterocycles. The van der Waals surface area contributed by atoms with E-state index in [4.69, 9.17) is 0 Å². The molecule has 0 spiro atoms. The van der Waals surface area contributed by atoms with E-state index in [1.807, 2.05) is 0 Å². The van der Waals surface area contributed by atoms with Gasteiger partial charge in [-0.3, -0.25) is 0 Å². The summed E-state index contributed by atoms with van der Waals surface area (Å²) in [6, 6.07) is 0. The van der Waals surface area contributed by atoms with Crippen LogP contribution in [-0.2, 0) is 4.79 Å². The maximum atomic E-state index is 10.2. The van der Waals surface area contributed by atoms with Gasteiger partial charge in [-0.15, -0.1) is 0 Å². The molecule has 2 heteroatoms. The Bertz CT molecular complexity index is 130. The van der Waals surface area contributed by atoms with Crippen LogP contribution in [0.25, 0.3) is 0 Å². The van der Waals surface area contributed by atoms with E-state index in [2.05, 4.69) is 6.92 Å². The Morgan fingerprint density at radius 2 is 1.85 bits per heavy atom. The predicted octanol–water partition coefficient (Wildman–Crippen LogP) is 2.69. The number of aliphatic hydroxyl groups is 1. The summed E-state index contributed by atoms with van der Waals surface area (Å²) in [5, 5.41) is 9.64. The molecule has 2 nitrogen and oxygen atoms in total. The number of hydrogen-bond acceptors (Lipinski definition) is 2. The third kappa shape index (κ3) is 7.97. The van der Waals surface area contributed by atoms with Crippen molar-refractivity contribution in [1.29, 1.82) is 0 Å². The summed E-state index contributed by atoms with van der Waals surface area (Å²) >= 11 is 0. The van der Waals surface area contributed by atoms with Crippen molar-refractivity contribution in [1.82, 2.24) is 0 Å². The Balaban J connectivity index is 3.34. The average Bonchev–Trinajstić information content (AvgIpc) is 2.04. The summed E-state index contributed by atoms with van der Waals surface area (Å²) in [4.78, 5) is 10.2. The van der Waals surface area contributed by atoms with Gasteiger partial charge >= 0.3 is 0 Å². The second-order valence-electron chi connectivity index (χ2n) is 4.03. The lowest BCUT2D eigenvalue weighted by Crippen LogP contribution is -2.24. The molecule has 0 bridgehead atoms. The summed E-state index contributed by atoms with van der Waals surface area (Å²) in [6.07, 6.45) is 7.76. The van der Waals surface area contributed by atoms with Crippen molar-refractivity contribution in [3.63, 3.8) is 0 Å². The van der Waals surface area contributed by atoms with E-state index in [1.165, 1.54) is 25.7 Å². The largest absolute Gasteiger partial charge is 0.390 e. The van der Waals surface area contributed by atoms with Crippen molar-refractivity contribution in [2.24, 2.45) is 0 Å². The van der Waals surface area contributed by atoms with Crippen LogP contribution < -0.4 is 0 Å². The number of aldehydes is 1. The molecule has 1 unspecified atom stereocenters. The van der Waals surface area contributed by atoms with Gasteiger partial charge in [0.2, 0.25) is 0 Å². The summed E-state index contributed by atoms with van der Waals surface area (Å²) < 4.78 is 0. The van der Waals surface area contributed by atoms with Gasteiger partial charge in [0, 0.05) is 6.42 Å². The van der Waals surface area contributed by atoms with Gasteiger partial charge in [0.15, 0.2) is 0 Å². The molecule has 0 saturated heterocycles. The SMILES string of the molecule is CCCCCCCC(C)(O)CC=O. The molecule has 0 saturated carbocycles. The molecule has 0 aromatic heterocycles. The number of unbranched alkanes of at least 4 members (excludes halogenated alkanes) is 4. The Morgan fingerprint density at radius 3 is 2.38 bits per heavy atom. The molecule has 0 aromatic rings. The van der Waals surface area contributed by atoms with Crippen LogP contribution in [0, 0.1) is 0 Å². The van der Waals surface area contributed by atoms with E-state index in [1.54, 1.807) is 6.92 Å². The monoisotopic (exact) mass is 186 g/mol. The Hall–Kier alpha value is -0.370. The zero-order valence-corrected chi connectivity index (χ0v) is 8.88. The minimum atomic E-state index is -0.770. The van der Waals surface area contributed by atoms with Crippen molar-refractivity contribution in [3.05, 3.63) is 0 Å². The van der Waals surface area contributed by atoms with Crippen molar-refractivity contribution in [3.8, 4) is 0 Å². The lowest BCUT2D eigenvalue weighted by atomic mass is 9.95. The van der Waals surface area contributed by atoms with Crippen LogP contribution in [0.15, 0.2) is 0 Å². The first-order valence-corrected chi connectivity index (χ1v) is 5.28. The van der Waals surface area contributed by atoms with E-state index in [0.29, 0.717) is 0 Å². The Morgan fingerprint density at radius 1 is 1.23 bits per heavy atom. The standard InChI is InChI=1S/C11H22O2/c1-3-4-5-6-7-8-11(2,13)9-10-12/h10,13H,3-9H2,1-2H3. The Kier molecular flexibility index (Phi) is 6.87. The average molecular weight is 186 g/mol. The van der Waals surface area contributed by atoms with Gasteiger partial charge < -0.3 is 9.90 Å². The summed E-state index contributed by atoms with van der Waals surface area (Å²) in [7, 11) is 0. The summed E-state index contributed by atoms with van der Waals surface area (Å²) in [6.45, 7) is 3.92.